The van der Waals surface area contributed by atoms with Crippen molar-refractivity contribution in [2.24, 2.45) is 5.73 Å². The van der Waals surface area contributed by atoms with Crippen LogP contribution in [-0.4, -0.2) is 23.0 Å². The lowest BCUT2D eigenvalue weighted by Crippen LogP contribution is -2.20. The Kier molecular flexibility index (Phi) is 5.30. The molecule has 1 aromatic rings. The molecule has 0 heterocycles. The largest absolute Gasteiger partial charge is 0.478 e. The molecule has 0 fully saturated rings. The van der Waals surface area contributed by atoms with E-state index in [2.05, 4.69) is 21.2 Å². The molecular formula is C12H15BrN2O3. The average Bonchev–Trinajstić information content (AvgIpc) is 2.28. The molecular weight excluding hydrogens is 300 g/mol. The molecule has 4 N–H and O–H groups in total. The van der Waals surface area contributed by atoms with Gasteiger partial charge < -0.3 is 16.2 Å². The van der Waals surface area contributed by atoms with Crippen LogP contribution in [0, 0.1) is 0 Å². The van der Waals surface area contributed by atoms with E-state index in [0.29, 0.717) is 16.6 Å². The number of carboxylic acid groups (broad SMARTS) is 1. The summed E-state index contributed by atoms with van der Waals surface area (Å²) in [5.41, 5.74) is 5.90. The van der Waals surface area contributed by atoms with Crippen molar-refractivity contribution >= 4 is 33.5 Å². The van der Waals surface area contributed by atoms with Crippen LogP contribution in [0.25, 0.3) is 0 Å². The molecule has 5 nitrogen and oxygen atoms in total. The van der Waals surface area contributed by atoms with E-state index in [9.17, 15) is 9.59 Å². The average molecular weight is 315 g/mol. The van der Waals surface area contributed by atoms with Gasteiger partial charge in [-0.15, -0.1) is 0 Å². The number of hydrogen-bond donors (Lipinski definition) is 3. The molecule has 0 spiro atoms. The zero-order valence-corrected chi connectivity index (χ0v) is 11.5. The van der Waals surface area contributed by atoms with Gasteiger partial charge in [0.1, 0.15) is 0 Å². The Morgan fingerprint density at radius 1 is 1.50 bits per heavy atom. The van der Waals surface area contributed by atoms with Gasteiger partial charge in [0.25, 0.3) is 0 Å². The Bertz CT molecular complexity index is 461. The van der Waals surface area contributed by atoms with E-state index in [-0.39, 0.29) is 23.9 Å². The van der Waals surface area contributed by atoms with Gasteiger partial charge >= 0.3 is 5.97 Å². The van der Waals surface area contributed by atoms with Crippen LogP contribution in [0.1, 0.15) is 30.1 Å². The van der Waals surface area contributed by atoms with Crippen molar-refractivity contribution < 1.29 is 14.7 Å². The molecule has 98 valence electrons. The fourth-order valence-corrected chi connectivity index (χ4v) is 1.73. The van der Waals surface area contributed by atoms with Gasteiger partial charge in [0.2, 0.25) is 5.91 Å². The Balaban J connectivity index is 2.78. The number of amides is 1. The molecule has 0 radical (unpaired) electrons. The molecule has 1 atom stereocenters. The Hall–Kier alpha value is -1.40. The first-order chi connectivity index (χ1) is 8.40. The normalized spacial score (nSPS) is 11.9. The maximum atomic E-state index is 11.6. The molecule has 1 rings (SSSR count). The lowest BCUT2D eigenvalue weighted by atomic mass is 10.1. The highest BCUT2D eigenvalue weighted by atomic mass is 79.9. The molecule has 18 heavy (non-hydrogen) atoms. The Morgan fingerprint density at radius 3 is 2.72 bits per heavy atom. The molecule has 1 aromatic carbocycles. The highest BCUT2D eigenvalue weighted by Crippen LogP contribution is 2.21. The van der Waals surface area contributed by atoms with Crippen LogP contribution in [0.15, 0.2) is 22.7 Å². The van der Waals surface area contributed by atoms with Crippen molar-refractivity contribution in [2.75, 3.05) is 5.32 Å². The fourth-order valence-electron chi connectivity index (χ4n) is 1.37. The van der Waals surface area contributed by atoms with Crippen molar-refractivity contribution in [2.45, 2.75) is 25.8 Å². The summed E-state index contributed by atoms with van der Waals surface area (Å²) in [5.74, 6) is -1.32. The van der Waals surface area contributed by atoms with Crippen LogP contribution in [0.4, 0.5) is 5.69 Å². The minimum Gasteiger partial charge on any atom is -0.478 e. The standard InChI is InChI=1S/C12H15BrN2O3/c1-7(14)2-5-11(16)15-10-4-3-8(13)6-9(10)12(17)18/h3-4,6-7H,2,5,14H2,1H3,(H,15,16)(H,17,18). The highest BCUT2D eigenvalue weighted by Gasteiger charge is 2.13. The van der Waals surface area contributed by atoms with E-state index in [0.717, 1.165) is 0 Å². The van der Waals surface area contributed by atoms with Crippen LogP contribution >= 0.6 is 15.9 Å². The minimum absolute atomic E-state index is 0.0542. The molecule has 0 aliphatic carbocycles. The Morgan fingerprint density at radius 2 is 2.17 bits per heavy atom. The van der Waals surface area contributed by atoms with E-state index in [1.807, 2.05) is 6.92 Å². The fraction of sp³-hybridized carbons (Fsp3) is 0.333. The molecule has 0 aliphatic rings. The first-order valence-electron chi connectivity index (χ1n) is 5.48. The summed E-state index contributed by atoms with van der Waals surface area (Å²) < 4.78 is 0.647. The molecule has 0 saturated carbocycles. The monoisotopic (exact) mass is 314 g/mol. The second-order valence-electron chi connectivity index (χ2n) is 4.06. The maximum absolute atomic E-state index is 11.6. The summed E-state index contributed by atoms with van der Waals surface area (Å²) in [6.45, 7) is 1.82. The smallest absolute Gasteiger partial charge is 0.337 e. The van der Waals surface area contributed by atoms with Gasteiger partial charge in [0, 0.05) is 16.9 Å². The number of hydrogen-bond acceptors (Lipinski definition) is 3. The molecule has 0 aromatic heterocycles. The van der Waals surface area contributed by atoms with Gasteiger partial charge in [-0.05, 0) is 31.5 Å². The third kappa shape index (κ3) is 4.46. The van der Waals surface area contributed by atoms with Crippen molar-refractivity contribution in [3.63, 3.8) is 0 Å². The van der Waals surface area contributed by atoms with Crippen molar-refractivity contribution in [3.8, 4) is 0 Å². The number of rotatable bonds is 5. The molecule has 0 bridgehead atoms. The van der Waals surface area contributed by atoms with E-state index >= 15 is 0 Å². The van der Waals surface area contributed by atoms with Gasteiger partial charge in [0.15, 0.2) is 0 Å². The Labute approximate surface area is 113 Å². The van der Waals surface area contributed by atoms with Crippen LogP contribution in [0.3, 0.4) is 0 Å². The highest BCUT2D eigenvalue weighted by molar-refractivity contribution is 9.10. The SMILES string of the molecule is CC(N)CCC(=O)Nc1ccc(Br)cc1C(=O)O. The third-order valence-electron chi connectivity index (χ3n) is 2.31. The first-order valence-corrected chi connectivity index (χ1v) is 6.27. The zero-order valence-electron chi connectivity index (χ0n) is 9.94. The van der Waals surface area contributed by atoms with Gasteiger partial charge in [-0.1, -0.05) is 15.9 Å². The topological polar surface area (TPSA) is 92.4 Å². The van der Waals surface area contributed by atoms with Crippen LogP contribution in [0.5, 0.6) is 0 Å². The van der Waals surface area contributed by atoms with Crippen LogP contribution in [0.2, 0.25) is 0 Å². The minimum atomic E-state index is -1.08. The number of benzene rings is 1. The van der Waals surface area contributed by atoms with Gasteiger partial charge in [-0.2, -0.15) is 0 Å². The summed E-state index contributed by atoms with van der Waals surface area (Å²) in [4.78, 5) is 22.6. The van der Waals surface area contributed by atoms with Gasteiger partial charge in [-0.25, -0.2) is 4.79 Å². The number of halogens is 1. The number of nitrogens with two attached hydrogens (primary N) is 1. The first kappa shape index (κ1) is 14.7. The molecule has 6 heteroatoms. The summed E-state index contributed by atoms with van der Waals surface area (Å²) in [6.07, 6.45) is 0.831. The van der Waals surface area contributed by atoms with Gasteiger partial charge in [0.05, 0.1) is 11.3 Å². The summed E-state index contributed by atoms with van der Waals surface area (Å²) >= 11 is 3.19. The number of aromatic carboxylic acids is 1. The maximum Gasteiger partial charge on any atom is 0.337 e. The van der Waals surface area contributed by atoms with Crippen molar-refractivity contribution in [1.82, 2.24) is 0 Å². The van der Waals surface area contributed by atoms with Crippen LogP contribution in [-0.2, 0) is 4.79 Å². The van der Waals surface area contributed by atoms with Crippen molar-refractivity contribution in [1.29, 1.82) is 0 Å². The van der Waals surface area contributed by atoms with E-state index in [4.69, 9.17) is 10.8 Å². The van der Waals surface area contributed by atoms with E-state index < -0.39 is 5.97 Å². The van der Waals surface area contributed by atoms with Crippen LogP contribution < -0.4 is 11.1 Å². The number of carboxylic acids is 1. The van der Waals surface area contributed by atoms with E-state index in [1.165, 1.54) is 6.07 Å². The number of carbonyl (C=O) groups is 2. The second-order valence-corrected chi connectivity index (χ2v) is 4.97. The molecule has 1 unspecified atom stereocenters. The second kappa shape index (κ2) is 6.51. The zero-order chi connectivity index (χ0) is 13.7. The molecule has 0 aliphatic heterocycles. The van der Waals surface area contributed by atoms with Crippen molar-refractivity contribution in [3.05, 3.63) is 28.2 Å². The molecule has 1 amide bonds. The summed E-state index contributed by atoms with van der Waals surface area (Å²) in [5, 5.41) is 11.6. The number of anilines is 1. The predicted octanol–water partition coefficient (Wildman–Crippen LogP) is 2.21. The number of carbonyl (C=O) groups excluding carboxylic acids is 1. The molecule has 0 saturated heterocycles. The lowest BCUT2D eigenvalue weighted by molar-refractivity contribution is -0.116. The van der Waals surface area contributed by atoms with Gasteiger partial charge in [-0.3, -0.25) is 4.79 Å². The summed E-state index contributed by atoms with van der Waals surface area (Å²) in [6, 6.07) is 4.62. The lowest BCUT2D eigenvalue weighted by Gasteiger charge is -2.09. The quantitative estimate of drug-likeness (QED) is 0.777. The van der Waals surface area contributed by atoms with E-state index in [1.54, 1.807) is 12.1 Å². The summed E-state index contributed by atoms with van der Waals surface area (Å²) in [7, 11) is 0. The predicted molar refractivity (Wildman–Crippen MR) is 72.6 cm³/mol. The number of nitrogens with one attached hydrogen (secondary N) is 1. The third-order valence-corrected chi connectivity index (χ3v) is 2.81.